The van der Waals surface area contributed by atoms with E-state index in [1.165, 1.54) is 0 Å². The summed E-state index contributed by atoms with van der Waals surface area (Å²) in [6.07, 6.45) is 3.05. The summed E-state index contributed by atoms with van der Waals surface area (Å²) in [4.78, 5) is 12.2. The maximum absolute atomic E-state index is 12.2. The summed E-state index contributed by atoms with van der Waals surface area (Å²) in [6, 6.07) is 5.35. The Balaban J connectivity index is 2.76. The molecule has 19 heavy (non-hydrogen) atoms. The van der Waals surface area contributed by atoms with Gasteiger partial charge in [0, 0.05) is 17.1 Å². The van der Waals surface area contributed by atoms with Gasteiger partial charge in [0.1, 0.15) is 5.75 Å². The smallest absolute Gasteiger partial charge is 0.255 e. The first-order valence-corrected chi connectivity index (χ1v) is 7.26. The third-order valence-corrected chi connectivity index (χ3v) is 3.43. The molecule has 0 saturated carbocycles. The molecule has 1 amide bonds. The molecule has 0 aliphatic heterocycles. The Hall–Kier alpha value is -1.07. The molecule has 1 atom stereocenters. The van der Waals surface area contributed by atoms with E-state index in [2.05, 4.69) is 28.2 Å². The van der Waals surface area contributed by atoms with Crippen molar-refractivity contribution >= 4 is 21.8 Å². The molecule has 0 aliphatic carbocycles. The van der Waals surface area contributed by atoms with Crippen LogP contribution in [-0.4, -0.2) is 25.6 Å². The first-order valence-electron chi connectivity index (χ1n) is 6.46. The van der Waals surface area contributed by atoms with Gasteiger partial charge in [-0.05, 0) is 24.6 Å². The number of carbonyl (C=O) groups excluding carboxylic acids is 1. The highest BCUT2D eigenvalue weighted by Gasteiger charge is 2.16. The zero-order valence-corrected chi connectivity index (χ0v) is 13.0. The standard InChI is InChI=1S/C14H21BrN2O2/c1-3-4-5-11(9-16)17-14(18)12-7-6-10(15)8-13(12)19-2/h6-8,11H,3-5,9,16H2,1-2H3,(H,17,18). The molecule has 4 nitrogen and oxygen atoms in total. The molecule has 3 N–H and O–H groups in total. The fourth-order valence-electron chi connectivity index (χ4n) is 1.82. The number of carbonyl (C=O) groups is 1. The van der Waals surface area contributed by atoms with Crippen LogP contribution in [-0.2, 0) is 0 Å². The van der Waals surface area contributed by atoms with Crippen molar-refractivity contribution in [2.75, 3.05) is 13.7 Å². The van der Waals surface area contributed by atoms with E-state index in [1.54, 1.807) is 19.2 Å². The lowest BCUT2D eigenvalue weighted by molar-refractivity contribution is 0.0932. The van der Waals surface area contributed by atoms with Gasteiger partial charge in [0.25, 0.3) is 5.91 Å². The van der Waals surface area contributed by atoms with Crippen LogP contribution in [0.1, 0.15) is 36.5 Å². The Morgan fingerprint density at radius 3 is 2.84 bits per heavy atom. The summed E-state index contributed by atoms with van der Waals surface area (Å²) < 4.78 is 6.10. The predicted octanol–water partition coefficient (Wildman–Crippen LogP) is 2.71. The highest BCUT2D eigenvalue weighted by molar-refractivity contribution is 9.10. The minimum atomic E-state index is -0.143. The first kappa shape index (κ1) is 16.0. The van der Waals surface area contributed by atoms with Crippen LogP contribution in [0.25, 0.3) is 0 Å². The fraction of sp³-hybridized carbons (Fsp3) is 0.500. The Morgan fingerprint density at radius 2 is 2.26 bits per heavy atom. The van der Waals surface area contributed by atoms with Gasteiger partial charge in [0.15, 0.2) is 0 Å². The zero-order valence-electron chi connectivity index (χ0n) is 11.4. The zero-order chi connectivity index (χ0) is 14.3. The van der Waals surface area contributed by atoms with Gasteiger partial charge in [-0.2, -0.15) is 0 Å². The molecule has 0 aliphatic rings. The molecule has 0 fully saturated rings. The van der Waals surface area contributed by atoms with E-state index in [0.717, 1.165) is 23.7 Å². The van der Waals surface area contributed by atoms with Crippen LogP contribution in [0.15, 0.2) is 22.7 Å². The molecule has 1 aromatic carbocycles. The van der Waals surface area contributed by atoms with Crippen molar-refractivity contribution in [2.45, 2.75) is 32.2 Å². The summed E-state index contributed by atoms with van der Waals surface area (Å²) >= 11 is 3.35. The van der Waals surface area contributed by atoms with E-state index in [0.29, 0.717) is 17.9 Å². The van der Waals surface area contributed by atoms with Crippen molar-refractivity contribution in [3.63, 3.8) is 0 Å². The summed E-state index contributed by atoms with van der Waals surface area (Å²) in [5, 5.41) is 2.95. The molecule has 0 bridgehead atoms. The van der Waals surface area contributed by atoms with Gasteiger partial charge in [0.2, 0.25) is 0 Å². The number of nitrogens with two attached hydrogens (primary N) is 1. The van der Waals surface area contributed by atoms with Crippen molar-refractivity contribution < 1.29 is 9.53 Å². The Bertz CT molecular complexity index is 424. The molecule has 1 unspecified atom stereocenters. The number of benzene rings is 1. The van der Waals surface area contributed by atoms with Crippen LogP contribution in [0.2, 0.25) is 0 Å². The van der Waals surface area contributed by atoms with Gasteiger partial charge in [-0.1, -0.05) is 35.7 Å². The van der Waals surface area contributed by atoms with Crippen LogP contribution >= 0.6 is 15.9 Å². The average molecular weight is 329 g/mol. The van der Waals surface area contributed by atoms with Gasteiger partial charge in [-0.15, -0.1) is 0 Å². The average Bonchev–Trinajstić information content (AvgIpc) is 2.42. The molecule has 0 heterocycles. The van der Waals surface area contributed by atoms with Crippen LogP contribution < -0.4 is 15.8 Å². The van der Waals surface area contributed by atoms with Crippen molar-refractivity contribution in [1.82, 2.24) is 5.32 Å². The van der Waals surface area contributed by atoms with Gasteiger partial charge in [0.05, 0.1) is 12.7 Å². The number of hydrogen-bond acceptors (Lipinski definition) is 3. The van der Waals surface area contributed by atoms with Crippen LogP contribution in [0, 0.1) is 0 Å². The summed E-state index contributed by atoms with van der Waals surface area (Å²) in [6.45, 7) is 2.57. The normalized spacial score (nSPS) is 12.0. The summed E-state index contributed by atoms with van der Waals surface area (Å²) in [7, 11) is 1.55. The quantitative estimate of drug-likeness (QED) is 0.808. The van der Waals surface area contributed by atoms with Gasteiger partial charge in [-0.25, -0.2) is 0 Å². The molecule has 106 valence electrons. The molecule has 0 spiro atoms. The highest BCUT2D eigenvalue weighted by atomic mass is 79.9. The second kappa shape index (κ2) is 8.17. The Morgan fingerprint density at radius 1 is 1.53 bits per heavy atom. The van der Waals surface area contributed by atoms with Crippen molar-refractivity contribution in [3.8, 4) is 5.75 Å². The Kier molecular flexibility index (Phi) is 6.87. The maximum Gasteiger partial charge on any atom is 0.255 e. The number of halogens is 1. The van der Waals surface area contributed by atoms with Gasteiger partial charge >= 0.3 is 0 Å². The number of ether oxygens (including phenoxy) is 1. The molecule has 0 aromatic heterocycles. The van der Waals surface area contributed by atoms with Crippen molar-refractivity contribution in [3.05, 3.63) is 28.2 Å². The van der Waals surface area contributed by atoms with E-state index in [-0.39, 0.29) is 11.9 Å². The van der Waals surface area contributed by atoms with Gasteiger partial charge < -0.3 is 15.8 Å². The third kappa shape index (κ3) is 4.84. The predicted molar refractivity (Wildman–Crippen MR) is 80.5 cm³/mol. The number of amides is 1. The molecule has 5 heteroatoms. The number of unbranched alkanes of at least 4 members (excludes halogenated alkanes) is 1. The lowest BCUT2D eigenvalue weighted by atomic mass is 10.1. The number of nitrogens with one attached hydrogen (secondary N) is 1. The second-order valence-corrected chi connectivity index (χ2v) is 5.31. The van der Waals surface area contributed by atoms with Gasteiger partial charge in [-0.3, -0.25) is 4.79 Å². The molecular formula is C14H21BrN2O2. The van der Waals surface area contributed by atoms with E-state index in [9.17, 15) is 4.79 Å². The van der Waals surface area contributed by atoms with Crippen molar-refractivity contribution in [1.29, 1.82) is 0 Å². The molecular weight excluding hydrogens is 308 g/mol. The van der Waals surface area contributed by atoms with Crippen LogP contribution in [0.5, 0.6) is 5.75 Å². The number of hydrogen-bond donors (Lipinski definition) is 2. The van der Waals surface area contributed by atoms with Crippen LogP contribution in [0.4, 0.5) is 0 Å². The lowest BCUT2D eigenvalue weighted by Crippen LogP contribution is -2.40. The third-order valence-electron chi connectivity index (χ3n) is 2.93. The monoisotopic (exact) mass is 328 g/mol. The molecule has 1 aromatic rings. The largest absolute Gasteiger partial charge is 0.496 e. The minimum absolute atomic E-state index is 0.0146. The van der Waals surface area contributed by atoms with Crippen LogP contribution in [0.3, 0.4) is 0 Å². The number of methoxy groups -OCH3 is 1. The highest BCUT2D eigenvalue weighted by Crippen LogP contribution is 2.23. The first-order chi connectivity index (χ1) is 9.12. The minimum Gasteiger partial charge on any atom is -0.496 e. The van der Waals surface area contributed by atoms with E-state index < -0.39 is 0 Å². The van der Waals surface area contributed by atoms with Crippen molar-refractivity contribution in [2.24, 2.45) is 5.73 Å². The SMILES string of the molecule is CCCCC(CN)NC(=O)c1ccc(Br)cc1OC. The lowest BCUT2D eigenvalue weighted by Gasteiger charge is -2.17. The fourth-order valence-corrected chi connectivity index (χ4v) is 2.16. The van der Waals surface area contributed by atoms with E-state index in [1.807, 2.05) is 6.07 Å². The Labute approximate surface area is 122 Å². The molecule has 0 radical (unpaired) electrons. The maximum atomic E-state index is 12.2. The van der Waals surface area contributed by atoms with E-state index in [4.69, 9.17) is 10.5 Å². The number of rotatable bonds is 7. The summed E-state index contributed by atoms with van der Waals surface area (Å²) in [5.41, 5.74) is 6.21. The summed E-state index contributed by atoms with van der Waals surface area (Å²) in [5.74, 6) is 0.411. The topological polar surface area (TPSA) is 64.3 Å². The molecule has 0 saturated heterocycles. The second-order valence-electron chi connectivity index (χ2n) is 4.39. The van der Waals surface area contributed by atoms with E-state index >= 15 is 0 Å². The molecule has 1 rings (SSSR count).